The van der Waals surface area contributed by atoms with Gasteiger partial charge in [0.15, 0.2) is 6.10 Å². The molecule has 0 bridgehead atoms. The molecule has 0 aromatic carbocycles. The van der Waals surface area contributed by atoms with Gasteiger partial charge < -0.3 is 27.9 Å². The first-order chi connectivity index (χ1) is 43.0. The van der Waals surface area contributed by atoms with Crippen molar-refractivity contribution in [3.63, 3.8) is 0 Å². The van der Waals surface area contributed by atoms with Crippen molar-refractivity contribution in [3.8, 4) is 0 Å². The molecule has 0 heterocycles. The van der Waals surface area contributed by atoms with E-state index in [1.807, 2.05) is 21.1 Å². The Kier molecular flexibility index (Phi) is 64.6. The molecular formula is C78H134NO8P. The number of phosphoric acid groups is 1. The van der Waals surface area contributed by atoms with Gasteiger partial charge in [-0.15, -0.1) is 0 Å². The molecule has 0 radical (unpaired) electrons. The fourth-order valence-corrected chi connectivity index (χ4v) is 10.4. The molecule has 0 aliphatic heterocycles. The lowest BCUT2D eigenvalue weighted by atomic mass is 10.0. The topological polar surface area (TPSA) is 111 Å². The number of hydrogen-bond acceptors (Lipinski definition) is 8. The Morgan fingerprint density at radius 2 is 0.648 bits per heavy atom. The first-order valence-electron chi connectivity index (χ1n) is 35.9. The summed E-state index contributed by atoms with van der Waals surface area (Å²) in [5.41, 5.74) is 0. The maximum atomic E-state index is 12.9. The van der Waals surface area contributed by atoms with Crippen LogP contribution < -0.4 is 4.89 Å². The summed E-state index contributed by atoms with van der Waals surface area (Å²) >= 11 is 0. The summed E-state index contributed by atoms with van der Waals surface area (Å²) in [7, 11) is 1.15. The summed E-state index contributed by atoms with van der Waals surface area (Å²) in [5, 5.41) is 0. The van der Waals surface area contributed by atoms with Crippen LogP contribution in [0.15, 0.2) is 134 Å². The van der Waals surface area contributed by atoms with E-state index in [-0.39, 0.29) is 32.0 Å². The molecular weight excluding hydrogens is 1110 g/mol. The number of ether oxygens (including phenoxy) is 2. The van der Waals surface area contributed by atoms with Crippen LogP contribution in [0.3, 0.4) is 0 Å². The first kappa shape index (κ1) is 84.2. The van der Waals surface area contributed by atoms with Crippen LogP contribution in [0, 0.1) is 0 Å². The number of phosphoric ester groups is 1. The molecule has 0 amide bonds. The van der Waals surface area contributed by atoms with Crippen LogP contribution in [0.2, 0.25) is 0 Å². The van der Waals surface area contributed by atoms with Crippen LogP contribution in [0.25, 0.3) is 0 Å². The second kappa shape index (κ2) is 67.5. The number of rotatable bonds is 65. The van der Waals surface area contributed by atoms with Gasteiger partial charge in [0.05, 0.1) is 27.7 Å². The molecule has 0 N–H and O–H groups in total. The van der Waals surface area contributed by atoms with Crippen molar-refractivity contribution in [2.75, 3.05) is 47.5 Å². The lowest BCUT2D eigenvalue weighted by molar-refractivity contribution is -0.870. The largest absolute Gasteiger partial charge is 0.756 e. The van der Waals surface area contributed by atoms with Gasteiger partial charge in [0, 0.05) is 12.8 Å². The van der Waals surface area contributed by atoms with Crippen molar-refractivity contribution in [1.29, 1.82) is 0 Å². The van der Waals surface area contributed by atoms with Crippen molar-refractivity contribution in [2.45, 2.75) is 302 Å². The highest BCUT2D eigenvalue weighted by molar-refractivity contribution is 7.45. The maximum absolute atomic E-state index is 12.9. The van der Waals surface area contributed by atoms with Gasteiger partial charge in [-0.05, 0) is 116 Å². The van der Waals surface area contributed by atoms with Crippen molar-refractivity contribution in [2.24, 2.45) is 0 Å². The van der Waals surface area contributed by atoms with E-state index in [2.05, 4.69) is 148 Å². The van der Waals surface area contributed by atoms with Gasteiger partial charge in [0.1, 0.15) is 19.8 Å². The number of nitrogens with zero attached hydrogens (tertiary/aromatic N) is 1. The summed E-state index contributed by atoms with van der Waals surface area (Å²) in [5.74, 6) is -0.849. The number of carbonyl (C=O) groups excluding carboxylic acids is 2. The number of carbonyl (C=O) groups is 2. The van der Waals surface area contributed by atoms with Crippen molar-refractivity contribution in [1.82, 2.24) is 0 Å². The summed E-state index contributed by atoms with van der Waals surface area (Å²) in [6.07, 6.45) is 98.2. The molecule has 0 saturated heterocycles. The number of allylic oxidation sites excluding steroid dienone is 22. The van der Waals surface area contributed by atoms with Crippen LogP contribution >= 0.6 is 7.82 Å². The molecule has 10 heteroatoms. The lowest BCUT2D eigenvalue weighted by Gasteiger charge is -2.28. The number of unbranched alkanes of at least 4 members (excludes halogenated alkanes) is 29. The van der Waals surface area contributed by atoms with E-state index in [1.54, 1.807) is 0 Å². The predicted octanol–water partition coefficient (Wildman–Crippen LogP) is 23.0. The molecule has 2 unspecified atom stereocenters. The first-order valence-corrected chi connectivity index (χ1v) is 37.4. The van der Waals surface area contributed by atoms with E-state index in [1.165, 1.54) is 141 Å². The van der Waals surface area contributed by atoms with Gasteiger partial charge in [0.2, 0.25) is 0 Å². The molecule has 9 nitrogen and oxygen atoms in total. The molecule has 0 spiro atoms. The molecule has 0 aromatic rings. The SMILES string of the molecule is CC/C=C\C/C=C\C/C=C\C/C=C\C/C=C\C/C=C\C/C=C\C/C=C\C/C=C\C/C=C\CCCCCCCCC(=O)OC(COC(=O)CCCCCCCCCCCCCCCCC/C=C\CCCCCCCCCC)COP(=O)([O-])OCC[N+](C)(C)C. The predicted molar refractivity (Wildman–Crippen MR) is 378 cm³/mol. The Morgan fingerprint density at radius 3 is 0.977 bits per heavy atom. The summed E-state index contributed by atoms with van der Waals surface area (Å²) in [6, 6.07) is 0. The van der Waals surface area contributed by atoms with Gasteiger partial charge in [-0.1, -0.05) is 302 Å². The molecule has 0 fully saturated rings. The Morgan fingerprint density at radius 1 is 0.364 bits per heavy atom. The van der Waals surface area contributed by atoms with E-state index in [9.17, 15) is 19.0 Å². The molecule has 0 aliphatic carbocycles. The zero-order valence-electron chi connectivity index (χ0n) is 57.4. The van der Waals surface area contributed by atoms with Crippen molar-refractivity contribution < 1.29 is 42.1 Å². The third kappa shape index (κ3) is 71.2. The average Bonchev–Trinajstić information content (AvgIpc) is 3.68. The van der Waals surface area contributed by atoms with E-state index < -0.39 is 26.5 Å². The number of likely N-dealkylation sites (N-methyl/N-ethyl adjacent to an activating group) is 1. The van der Waals surface area contributed by atoms with Crippen LogP contribution in [0.1, 0.15) is 296 Å². The zero-order chi connectivity index (χ0) is 64.1. The van der Waals surface area contributed by atoms with Crippen LogP contribution in [-0.2, 0) is 32.7 Å². The average molecular weight is 1240 g/mol. The molecule has 88 heavy (non-hydrogen) atoms. The van der Waals surface area contributed by atoms with Gasteiger partial charge >= 0.3 is 11.9 Å². The molecule has 0 aromatic heterocycles. The van der Waals surface area contributed by atoms with Crippen molar-refractivity contribution in [3.05, 3.63) is 134 Å². The van der Waals surface area contributed by atoms with Crippen LogP contribution in [0.5, 0.6) is 0 Å². The lowest BCUT2D eigenvalue weighted by Crippen LogP contribution is -2.37. The molecule has 0 saturated carbocycles. The number of hydrogen-bond donors (Lipinski definition) is 0. The van der Waals surface area contributed by atoms with Gasteiger partial charge in [-0.25, -0.2) is 0 Å². The molecule has 504 valence electrons. The van der Waals surface area contributed by atoms with Crippen molar-refractivity contribution >= 4 is 19.8 Å². The Bertz CT molecular complexity index is 1950. The highest BCUT2D eigenvalue weighted by Crippen LogP contribution is 2.38. The highest BCUT2D eigenvalue weighted by atomic mass is 31.2. The minimum Gasteiger partial charge on any atom is -0.756 e. The van der Waals surface area contributed by atoms with E-state index >= 15 is 0 Å². The molecule has 0 rings (SSSR count). The Balaban J connectivity index is 4.13. The second-order valence-electron chi connectivity index (χ2n) is 24.9. The van der Waals surface area contributed by atoms with E-state index in [0.717, 1.165) is 122 Å². The van der Waals surface area contributed by atoms with Gasteiger partial charge in [0.25, 0.3) is 7.82 Å². The maximum Gasteiger partial charge on any atom is 0.306 e. The Labute approximate surface area is 542 Å². The zero-order valence-corrected chi connectivity index (χ0v) is 58.3. The number of quaternary nitrogens is 1. The highest BCUT2D eigenvalue weighted by Gasteiger charge is 2.22. The van der Waals surface area contributed by atoms with Crippen LogP contribution in [0.4, 0.5) is 0 Å². The minimum atomic E-state index is -4.66. The molecule has 2 atom stereocenters. The van der Waals surface area contributed by atoms with Gasteiger partial charge in [-0.3, -0.25) is 14.2 Å². The fraction of sp³-hybridized carbons (Fsp3) is 0.692. The standard InChI is InChI=1S/C78H134NO8P/c1-6-8-10-12-14-16-18-20-22-24-26-28-30-32-34-35-36-37-38-39-40-41-42-43-45-47-49-51-53-55-57-59-61-63-65-67-69-71-78(81)87-76(75-86-88(82,83)85-73-72-79(3,4)5)74-84-77(80)70-68-66-64-62-60-58-56-54-52-50-48-46-44-33-31-29-27-25-23-21-19-17-15-13-11-9-7-2/h8,10,14,16,20,22,25-28,32,34,36-37,39-40,42-43,47,49,53,55,76H,6-7,9,11-13,15,17-19,21,23-24,29-31,33,35,38,41,44-46,48,50-52,54,56-75H2,1-5H3/b10-8-,16-14-,22-20-,27-25-,28-26-,34-32-,37-36-,40-39-,43-42-,49-47-,55-53-. The smallest absolute Gasteiger partial charge is 0.306 e. The summed E-state index contributed by atoms with van der Waals surface area (Å²) in [6.45, 7) is 4.12. The summed E-state index contributed by atoms with van der Waals surface area (Å²) in [4.78, 5) is 38.1. The number of esters is 2. The third-order valence-electron chi connectivity index (χ3n) is 15.2. The third-order valence-corrected chi connectivity index (χ3v) is 16.1. The quantitative estimate of drug-likeness (QED) is 0.0195. The van der Waals surface area contributed by atoms with E-state index in [4.69, 9.17) is 18.5 Å². The second-order valence-corrected chi connectivity index (χ2v) is 26.3. The Hall–Kier alpha value is -3.85. The normalized spacial score (nSPS) is 13.9. The monoisotopic (exact) mass is 1240 g/mol. The van der Waals surface area contributed by atoms with E-state index in [0.29, 0.717) is 17.4 Å². The summed E-state index contributed by atoms with van der Waals surface area (Å²) < 4.78 is 34.3. The van der Waals surface area contributed by atoms with Gasteiger partial charge in [-0.2, -0.15) is 0 Å². The fourth-order valence-electron chi connectivity index (χ4n) is 9.68. The van der Waals surface area contributed by atoms with Crippen LogP contribution in [-0.4, -0.2) is 70.0 Å². The molecule has 0 aliphatic rings. The minimum absolute atomic E-state index is 0.0395.